The van der Waals surface area contributed by atoms with Crippen LogP contribution >= 0.6 is 0 Å². The van der Waals surface area contributed by atoms with Crippen molar-refractivity contribution in [1.29, 1.82) is 0 Å². The van der Waals surface area contributed by atoms with Gasteiger partial charge in [0.25, 0.3) is 5.89 Å². The molecule has 0 amide bonds. The molecule has 0 spiro atoms. The molecule has 0 radical (unpaired) electrons. The van der Waals surface area contributed by atoms with E-state index in [-0.39, 0.29) is 41.7 Å². The first-order chi connectivity index (χ1) is 15.9. The second kappa shape index (κ2) is 9.69. The van der Waals surface area contributed by atoms with E-state index in [9.17, 15) is 13.2 Å². The summed E-state index contributed by atoms with van der Waals surface area (Å²) in [6.45, 7) is 2.85. The number of hydrogen-bond donors (Lipinski definition) is 0. The van der Waals surface area contributed by atoms with Crippen molar-refractivity contribution in [1.82, 2.24) is 14.4 Å². The van der Waals surface area contributed by atoms with Gasteiger partial charge >= 0.3 is 5.97 Å². The molecule has 1 aliphatic rings. The number of methoxy groups -OCH3 is 1. The number of hydrogen-bond acceptors (Lipinski definition) is 9. The number of nitrogens with zero attached hydrogens (tertiary/aromatic N) is 3. The van der Waals surface area contributed by atoms with Gasteiger partial charge in [0, 0.05) is 18.7 Å². The highest BCUT2D eigenvalue weighted by Crippen LogP contribution is 2.26. The van der Waals surface area contributed by atoms with Crippen molar-refractivity contribution in [3.63, 3.8) is 0 Å². The molecule has 33 heavy (non-hydrogen) atoms. The third-order valence-corrected chi connectivity index (χ3v) is 6.99. The highest BCUT2D eigenvalue weighted by atomic mass is 32.2. The van der Waals surface area contributed by atoms with Crippen molar-refractivity contribution in [2.75, 3.05) is 33.4 Å². The minimum absolute atomic E-state index is 0.0194. The zero-order valence-electron chi connectivity index (χ0n) is 18.2. The topological polar surface area (TPSA) is 121 Å². The molecule has 0 atom stereocenters. The van der Waals surface area contributed by atoms with Crippen molar-refractivity contribution in [3.05, 3.63) is 59.4 Å². The summed E-state index contributed by atoms with van der Waals surface area (Å²) >= 11 is 0. The van der Waals surface area contributed by atoms with Gasteiger partial charge in [0.2, 0.25) is 15.8 Å². The smallest absolute Gasteiger partial charge is 0.342 e. The lowest BCUT2D eigenvalue weighted by Crippen LogP contribution is -2.40. The molecule has 1 aromatic heterocycles. The van der Waals surface area contributed by atoms with Gasteiger partial charge in [-0.1, -0.05) is 22.9 Å². The van der Waals surface area contributed by atoms with E-state index >= 15 is 0 Å². The SMILES string of the molecule is COc1ccc(S(=O)(=O)N2CCOCC2)cc1C(=O)OCc1noc(-c2ccc(C)cc2)n1. The highest BCUT2D eigenvalue weighted by molar-refractivity contribution is 7.89. The molecule has 10 nitrogen and oxygen atoms in total. The minimum Gasteiger partial charge on any atom is -0.496 e. The molecular weight excluding hydrogens is 450 g/mol. The van der Waals surface area contributed by atoms with Gasteiger partial charge in [-0.05, 0) is 37.3 Å². The third-order valence-electron chi connectivity index (χ3n) is 5.10. The standard InChI is InChI=1S/C22H23N3O7S/c1-15-3-5-16(6-4-15)21-23-20(24-32-21)14-31-22(26)18-13-17(7-8-19(18)29-2)33(27,28)25-9-11-30-12-10-25/h3-8,13H,9-12,14H2,1-2H3. The fourth-order valence-corrected chi connectivity index (χ4v) is 4.71. The summed E-state index contributed by atoms with van der Waals surface area (Å²) in [7, 11) is -2.41. The highest BCUT2D eigenvalue weighted by Gasteiger charge is 2.28. The minimum atomic E-state index is -3.79. The Morgan fingerprint density at radius 3 is 2.55 bits per heavy atom. The maximum absolute atomic E-state index is 12.9. The molecule has 2 aromatic carbocycles. The molecule has 1 saturated heterocycles. The molecule has 1 fully saturated rings. The van der Waals surface area contributed by atoms with Gasteiger partial charge < -0.3 is 18.7 Å². The molecule has 11 heteroatoms. The first kappa shape index (κ1) is 22.9. The van der Waals surface area contributed by atoms with Crippen LogP contribution in [-0.2, 0) is 26.1 Å². The molecule has 0 bridgehead atoms. The van der Waals surface area contributed by atoms with Crippen molar-refractivity contribution in [2.24, 2.45) is 0 Å². The monoisotopic (exact) mass is 473 g/mol. The third kappa shape index (κ3) is 5.05. The molecule has 0 aliphatic carbocycles. The molecule has 1 aliphatic heterocycles. The van der Waals surface area contributed by atoms with E-state index < -0.39 is 16.0 Å². The molecular formula is C22H23N3O7S. The largest absolute Gasteiger partial charge is 0.496 e. The second-order valence-electron chi connectivity index (χ2n) is 7.34. The summed E-state index contributed by atoms with van der Waals surface area (Å²) in [5.74, 6) is -0.103. The number of benzene rings is 2. The fraction of sp³-hybridized carbons (Fsp3) is 0.318. The maximum Gasteiger partial charge on any atom is 0.342 e. The number of aryl methyl sites for hydroxylation is 1. The van der Waals surface area contributed by atoms with Crippen LogP contribution in [-0.4, -0.2) is 62.2 Å². The second-order valence-corrected chi connectivity index (χ2v) is 9.27. The van der Waals surface area contributed by atoms with Crippen LogP contribution < -0.4 is 4.74 Å². The Morgan fingerprint density at radius 2 is 1.85 bits per heavy atom. The van der Waals surface area contributed by atoms with Gasteiger partial charge in [-0.2, -0.15) is 9.29 Å². The van der Waals surface area contributed by atoms with E-state index in [4.69, 9.17) is 18.7 Å². The number of ether oxygens (including phenoxy) is 3. The summed E-state index contributed by atoms with van der Waals surface area (Å²) in [6, 6.07) is 11.6. The normalized spacial score (nSPS) is 14.7. The lowest BCUT2D eigenvalue weighted by atomic mass is 10.1. The number of morpholine rings is 1. The van der Waals surface area contributed by atoms with E-state index in [1.54, 1.807) is 0 Å². The van der Waals surface area contributed by atoms with E-state index in [0.29, 0.717) is 19.1 Å². The summed E-state index contributed by atoms with van der Waals surface area (Å²) in [5.41, 5.74) is 1.82. The molecule has 4 rings (SSSR count). The Kier molecular flexibility index (Phi) is 6.72. The number of esters is 1. The van der Waals surface area contributed by atoms with E-state index in [0.717, 1.165) is 11.1 Å². The van der Waals surface area contributed by atoms with E-state index in [1.165, 1.54) is 29.6 Å². The number of sulfonamides is 1. The number of carbonyl (C=O) groups excluding carboxylic acids is 1. The van der Waals surface area contributed by atoms with Gasteiger partial charge in [0.15, 0.2) is 6.61 Å². The Balaban J connectivity index is 1.49. The van der Waals surface area contributed by atoms with Crippen LogP contribution in [0.4, 0.5) is 0 Å². The molecule has 2 heterocycles. The van der Waals surface area contributed by atoms with Gasteiger partial charge in [0.05, 0.1) is 25.2 Å². The lowest BCUT2D eigenvalue weighted by Gasteiger charge is -2.26. The van der Waals surface area contributed by atoms with E-state index in [2.05, 4.69) is 10.1 Å². The van der Waals surface area contributed by atoms with Crippen molar-refractivity contribution in [2.45, 2.75) is 18.4 Å². The molecule has 3 aromatic rings. The van der Waals surface area contributed by atoms with Crippen LogP contribution in [0.25, 0.3) is 11.5 Å². The molecule has 0 saturated carbocycles. The summed E-state index contributed by atoms with van der Waals surface area (Å²) < 4.78 is 48.2. The fourth-order valence-electron chi connectivity index (χ4n) is 3.28. The summed E-state index contributed by atoms with van der Waals surface area (Å²) in [6.07, 6.45) is 0. The Bertz CT molecular complexity index is 1230. The zero-order valence-corrected chi connectivity index (χ0v) is 19.0. The lowest BCUT2D eigenvalue weighted by molar-refractivity contribution is 0.0455. The van der Waals surface area contributed by atoms with Gasteiger partial charge in [0.1, 0.15) is 11.3 Å². The first-order valence-corrected chi connectivity index (χ1v) is 11.6. The van der Waals surface area contributed by atoms with Crippen molar-refractivity contribution in [3.8, 4) is 17.2 Å². The van der Waals surface area contributed by atoms with Gasteiger partial charge in [-0.3, -0.25) is 0 Å². The average molecular weight is 474 g/mol. The molecule has 174 valence electrons. The zero-order chi connectivity index (χ0) is 23.4. The van der Waals surface area contributed by atoms with Crippen LogP contribution in [0.5, 0.6) is 5.75 Å². The number of aromatic nitrogens is 2. The van der Waals surface area contributed by atoms with Crippen LogP contribution in [0, 0.1) is 6.92 Å². The summed E-state index contributed by atoms with van der Waals surface area (Å²) in [4.78, 5) is 17.0. The maximum atomic E-state index is 12.9. The Morgan fingerprint density at radius 1 is 1.12 bits per heavy atom. The van der Waals surface area contributed by atoms with E-state index in [1.807, 2.05) is 31.2 Å². The predicted molar refractivity (Wildman–Crippen MR) is 116 cm³/mol. The van der Waals surface area contributed by atoms with Gasteiger partial charge in [-0.15, -0.1) is 0 Å². The van der Waals surface area contributed by atoms with Crippen LogP contribution in [0.1, 0.15) is 21.7 Å². The van der Waals surface area contributed by atoms with Crippen molar-refractivity contribution >= 4 is 16.0 Å². The molecule has 0 unspecified atom stereocenters. The quantitative estimate of drug-likeness (QED) is 0.476. The number of rotatable bonds is 7. The van der Waals surface area contributed by atoms with Gasteiger partial charge in [-0.25, -0.2) is 13.2 Å². The van der Waals surface area contributed by atoms with Crippen LogP contribution in [0.2, 0.25) is 0 Å². The first-order valence-electron chi connectivity index (χ1n) is 10.2. The predicted octanol–water partition coefficient (Wildman–Crippen LogP) is 2.43. The average Bonchev–Trinajstić information content (AvgIpc) is 3.32. The number of carbonyl (C=O) groups is 1. The Labute approximate surface area is 191 Å². The van der Waals surface area contributed by atoms with Crippen LogP contribution in [0.3, 0.4) is 0 Å². The van der Waals surface area contributed by atoms with Crippen molar-refractivity contribution < 1.29 is 31.9 Å². The van der Waals surface area contributed by atoms with Crippen LogP contribution in [0.15, 0.2) is 51.9 Å². The Hall–Kier alpha value is -3.28. The summed E-state index contributed by atoms with van der Waals surface area (Å²) in [5, 5.41) is 3.83. The molecule has 0 N–H and O–H groups in total.